The molecule has 2 rings (SSSR count). The highest BCUT2D eigenvalue weighted by molar-refractivity contribution is 5.06. The zero-order valence-electron chi connectivity index (χ0n) is 9.97. The van der Waals surface area contributed by atoms with Gasteiger partial charge in [-0.05, 0) is 25.7 Å². The van der Waals surface area contributed by atoms with Crippen LogP contribution in [0.4, 0.5) is 30.7 Å². The summed E-state index contributed by atoms with van der Waals surface area (Å²) < 4.78 is 88.8. The lowest BCUT2D eigenvalue weighted by atomic mass is 9.83. The predicted octanol–water partition coefficient (Wildman–Crippen LogP) is 3.88. The predicted molar refractivity (Wildman–Crippen MR) is 53.3 cm³/mol. The lowest BCUT2D eigenvalue weighted by Gasteiger charge is -2.39. The molecule has 0 aromatic rings. The van der Waals surface area contributed by atoms with Gasteiger partial charge in [-0.15, -0.1) is 0 Å². The van der Waals surface area contributed by atoms with Crippen molar-refractivity contribution in [2.45, 2.75) is 68.1 Å². The van der Waals surface area contributed by atoms with Gasteiger partial charge in [0.15, 0.2) is 0 Å². The van der Waals surface area contributed by atoms with Crippen LogP contribution in [-0.4, -0.2) is 29.6 Å². The smallest absolute Gasteiger partial charge is 0.308 e. The molecule has 2 aliphatic rings. The Bertz CT molecular complexity index is 347. The molecular formula is C11H14F7N. The van der Waals surface area contributed by atoms with Crippen molar-refractivity contribution >= 4 is 0 Å². The van der Waals surface area contributed by atoms with E-state index < -0.39 is 30.0 Å². The number of hydrogen-bond acceptors (Lipinski definition) is 1. The zero-order valence-corrected chi connectivity index (χ0v) is 9.97. The van der Waals surface area contributed by atoms with Crippen LogP contribution in [0.3, 0.4) is 0 Å². The maximum atomic E-state index is 13.4. The van der Waals surface area contributed by atoms with Crippen LogP contribution in [0.15, 0.2) is 0 Å². The average Bonchev–Trinajstić information content (AvgIpc) is 2.51. The Kier molecular flexibility index (Phi) is 3.31. The second-order valence-electron chi connectivity index (χ2n) is 5.51. The fourth-order valence-corrected chi connectivity index (χ4v) is 3.10. The highest BCUT2D eigenvalue weighted by Crippen LogP contribution is 2.52. The molecule has 2 bridgehead atoms. The summed E-state index contributed by atoms with van der Waals surface area (Å²) in [4.78, 5) is 0. The molecule has 19 heavy (non-hydrogen) atoms. The number of piperidine rings is 1. The van der Waals surface area contributed by atoms with Gasteiger partial charge in [-0.2, -0.15) is 30.7 Å². The highest BCUT2D eigenvalue weighted by atomic mass is 19.4. The minimum absolute atomic E-state index is 0.0379. The molecule has 2 atom stereocenters. The molecule has 0 aromatic carbocycles. The molecule has 2 fully saturated rings. The van der Waals surface area contributed by atoms with Crippen LogP contribution < -0.4 is 5.32 Å². The zero-order chi connectivity index (χ0) is 14.5. The van der Waals surface area contributed by atoms with Gasteiger partial charge in [0, 0.05) is 18.0 Å². The van der Waals surface area contributed by atoms with E-state index in [0.29, 0.717) is 12.8 Å². The van der Waals surface area contributed by atoms with E-state index >= 15 is 0 Å². The van der Waals surface area contributed by atoms with Crippen LogP contribution in [0.2, 0.25) is 0 Å². The molecule has 0 aliphatic carbocycles. The SMILES string of the molecule is FC(F)(F)C(F)(F)C(F)(F)CC12CCCC(CC1)N2. The summed E-state index contributed by atoms with van der Waals surface area (Å²) in [5.74, 6) is -11.1. The van der Waals surface area contributed by atoms with Crippen LogP contribution in [0.5, 0.6) is 0 Å². The first kappa shape index (κ1) is 14.9. The van der Waals surface area contributed by atoms with Crippen molar-refractivity contribution in [1.82, 2.24) is 5.32 Å². The first-order valence-corrected chi connectivity index (χ1v) is 6.09. The molecule has 0 radical (unpaired) electrons. The lowest BCUT2D eigenvalue weighted by Crippen LogP contribution is -2.58. The van der Waals surface area contributed by atoms with Gasteiger partial charge in [0.05, 0.1) is 0 Å². The molecule has 2 aliphatic heterocycles. The van der Waals surface area contributed by atoms with E-state index in [2.05, 4.69) is 5.32 Å². The van der Waals surface area contributed by atoms with Crippen LogP contribution in [0.1, 0.15) is 38.5 Å². The van der Waals surface area contributed by atoms with Gasteiger partial charge in [-0.25, -0.2) is 0 Å². The summed E-state index contributed by atoms with van der Waals surface area (Å²) in [6, 6.07) is -0.0379. The third kappa shape index (κ3) is 2.43. The van der Waals surface area contributed by atoms with Crippen molar-refractivity contribution in [3.05, 3.63) is 0 Å². The first-order chi connectivity index (χ1) is 8.49. The first-order valence-electron chi connectivity index (χ1n) is 6.09. The van der Waals surface area contributed by atoms with Gasteiger partial charge in [0.2, 0.25) is 0 Å². The van der Waals surface area contributed by atoms with Crippen LogP contribution >= 0.6 is 0 Å². The second-order valence-corrected chi connectivity index (χ2v) is 5.51. The van der Waals surface area contributed by atoms with Crippen molar-refractivity contribution in [2.75, 3.05) is 0 Å². The van der Waals surface area contributed by atoms with Crippen LogP contribution in [-0.2, 0) is 0 Å². The minimum atomic E-state index is -6.24. The molecule has 1 N–H and O–H groups in total. The van der Waals surface area contributed by atoms with Gasteiger partial charge < -0.3 is 5.32 Å². The number of rotatable bonds is 3. The molecule has 2 unspecified atom stereocenters. The van der Waals surface area contributed by atoms with E-state index in [-0.39, 0.29) is 18.9 Å². The molecule has 2 saturated heterocycles. The topological polar surface area (TPSA) is 12.0 Å². The molecule has 8 heteroatoms. The third-order valence-corrected chi connectivity index (χ3v) is 4.07. The van der Waals surface area contributed by atoms with E-state index in [0.717, 1.165) is 6.42 Å². The average molecular weight is 293 g/mol. The number of nitrogens with one attached hydrogen (secondary N) is 1. The molecule has 0 amide bonds. The molecule has 0 aromatic heterocycles. The summed E-state index contributed by atoms with van der Waals surface area (Å²) in [5.41, 5.74) is -1.28. The monoisotopic (exact) mass is 293 g/mol. The fourth-order valence-electron chi connectivity index (χ4n) is 3.10. The van der Waals surface area contributed by atoms with Crippen LogP contribution in [0, 0.1) is 0 Å². The second kappa shape index (κ2) is 4.23. The van der Waals surface area contributed by atoms with Gasteiger partial charge >= 0.3 is 18.0 Å². The van der Waals surface area contributed by atoms with E-state index in [1.807, 2.05) is 0 Å². The summed E-state index contributed by atoms with van der Waals surface area (Å²) in [5, 5.41) is 2.80. The fraction of sp³-hybridized carbons (Fsp3) is 1.00. The van der Waals surface area contributed by atoms with E-state index in [1.54, 1.807) is 0 Å². The molecule has 2 heterocycles. The summed E-state index contributed by atoms with van der Waals surface area (Å²) >= 11 is 0. The molecule has 112 valence electrons. The van der Waals surface area contributed by atoms with Crippen molar-refractivity contribution in [1.29, 1.82) is 0 Å². The molecule has 0 spiro atoms. The van der Waals surface area contributed by atoms with E-state index in [1.165, 1.54) is 0 Å². The van der Waals surface area contributed by atoms with Crippen LogP contribution in [0.25, 0.3) is 0 Å². The maximum absolute atomic E-state index is 13.4. The number of alkyl halides is 7. The third-order valence-electron chi connectivity index (χ3n) is 4.07. The number of hydrogen-bond donors (Lipinski definition) is 1. The Morgan fingerprint density at radius 2 is 1.58 bits per heavy atom. The van der Waals surface area contributed by atoms with Gasteiger partial charge in [0.25, 0.3) is 0 Å². The Hall–Kier alpha value is -0.530. The Morgan fingerprint density at radius 3 is 2.16 bits per heavy atom. The normalized spacial score (nSPS) is 32.7. The van der Waals surface area contributed by atoms with Crippen molar-refractivity contribution in [3.63, 3.8) is 0 Å². The van der Waals surface area contributed by atoms with Gasteiger partial charge in [-0.3, -0.25) is 0 Å². The van der Waals surface area contributed by atoms with E-state index in [4.69, 9.17) is 0 Å². The summed E-state index contributed by atoms with van der Waals surface area (Å²) in [6.07, 6.45) is -5.39. The van der Waals surface area contributed by atoms with Gasteiger partial charge in [-0.1, -0.05) is 6.42 Å². The molecular weight excluding hydrogens is 279 g/mol. The maximum Gasteiger partial charge on any atom is 0.459 e. The summed E-state index contributed by atoms with van der Waals surface area (Å²) in [7, 11) is 0. The highest BCUT2D eigenvalue weighted by Gasteiger charge is 2.74. The Labute approximate surface area is 105 Å². The molecule has 0 saturated carbocycles. The Morgan fingerprint density at radius 1 is 0.947 bits per heavy atom. The Balaban J connectivity index is 2.17. The van der Waals surface area contributed by atoms with Crippen molar-refractivity contribution in [2.24, 2.45) is 0 Å². The standard InChI is InChI=1S/C11H14F7N/c12-9(13,10(14,15)11(16,17)18)6-8-4-1-2-7(19-8)3-5-8/h7,19H,1-6H2. The summed E-state index contributed by atoms with van der Waals surface area (Å²) in [6.45, 7) is 0. The largest absolute Gasteiger partial charge is 0.459 e. The van der Waals surface area contributed by atoms with Crippen molar-refractivity contribution in [3.8, 4) is 0 Å². The number of fused-ring (bicyclic) bond motifs is 2. The van der Waals surface area contributed by atoms with Gasteiger partial charge in [0.1, 0.15) is 0 Å². The lowest BCUT2D eigenvalue weighted by molar-refractivity contribution is -0.358. The minimum Gasteiger partial charge on any atom is -0.308 e. The van der Waals surface area contributed by atoms with E-state index in [9.17, 15) is 30.7 Å². The quantitative estimate of drug-likeness (QED) is 0.779. The van der Waals surface area contributed by atoms with Crippen molar-refractivity contribution < 1.29 is 30.7 Å². The number of halogens is 7. The molecule has 1 nitrogen and oxygen atoms in total.